The third-order valence-corrected chi connectivity index (χ3v) is 3.77. The van der Waals surface area contributed by atoms with Crippen LogP contribution in [0.4, 0.5) is 0 Å². The maximum atomic E-state index is 5.44. The Morgan fingerprint density at radius 1 is 1.00 bits per heavy atom. The summed E-state index contributed by atoms with van der Waals surface area (Å²) in [4.78, 5) is 6.72. The molecule has 0 radical (unpaired) electrons. The largest absolute Gasteiger partial charge is 0.337 e. The van der Waals surface area contributed by atoms with E-state index in [9.17, 15) is 0 Å². The molecule has 0 amide bonds. The predicted molar refractivity (Wildman–Crippen MR) is 86.1 cm³/mol. The first-order valence-corrected chi connectivity index (χ1v) is 7.37. The average Bonchev–Trinajstić information content (AvgIpc) is 3.06. The molecule has 0 N–H and O–H groups in total. The van der Waals surface area contributed by atoms with E-state index in [1.165, 1.54) is 5.56 Å². The minimum Gasteiger partial charge on any atom is -0.337 e. The number of benzene rings is 2. The molecule has 0 bridgehead atoms. The zero-order valence-electron chi connectivity index (χ0n) is 12.8. The lowest BCUT2D eigenvalue weighted by atomic mass is 10.2. The van der Waals surface area contributed by atoms with E-state index < -0.39 is 0 Å². The van der Waals surface area contributed by atoms with E-state index in [-0.39, 0.29) is 6.04 Å². The summed E-state index contributed by atoms with van der Waals surface area (Å²) in [6.07, 6.45) is 0. The first kappa shape index (κ1) is 14.5. The Morgan fingerprint density at radius 2 is 1.64 bits per heavy atom. The van der Waals surface area contributed by atoms with E-state index in [4.69, 9.17) is 4.52 Å². The minimum atomic E-state index is 0.0603. The summed E-state index contributed by atoms with van der Waals surface area (Å²) in [6, 6.07) is 20.3. The normalized spacial score (nSPS) is 12.5. The molecule has 0 saturated heterocycles. The van der Waals surface area contributed by atoms with Crippen LogP contribution in [0.2, 0.25) is 0 Å². The number of rotatable bonds is 5. The molecule has 2 aromatic carbocycles. The van der Waals surface area contributed by atoms with E-state index in [0.29, 0.717) is 11.7 Å². The molecule has 0 fully saturated rings. The molecule has 112 valence electrons. The molecule has 0 aliphatic heterocycles. The van der Waals surface area contributed by atoms with Crippen molar-refractivity contribution in [3.05, 3.63) is 72.1 Å². The molecular formula is C18H19N3O. The van der Waals surface area contributed by atoms with Gasteiger partial charge >= 0.3 is 0 Å². The second-order valence-electron chi connectivity index (χ2n) is 5.40. The second-order valence-corrected chi connectivity index (χ2v) is 5.40. The van der Waals surface area contributed by atoms with Crippen molar-refractivity contribution in [2.45, 2.75) is 19.5 Å². The molecule has 22 heavy (non-hydrogen) atoms. The van der Waals surface area contributed by atoms with Crippen molar-refractivity contribution in [3.8, 4) is 11.4 Å². The molecule has 3 aromatic rings. The molecule has 4 nitrogen and oxygen atoms in total. The molecule has 0 aliphatic rings. The lowest BCUT2D eigenvalue weighted by Gasteiger charge is -2.21. The summed E-state index contributed by atoms with van der Waals surface area (Å²) >= 11 is 0. The standard InChI is InChI=1S/C18H19N3O/c1-14(21(2)13-15-9-5-3-6-10-15)18-19-17(20-22-18)16-11-7-4-8-12-16/h3-12,14H,13H2,1-2H3. The number of hydrogen-bond donors (Lipinski definition) is 0. The van der Waals surface area contributed by atoms with E-state index in [1.54, 1.807) is 0 Å². The van der Waals surface area contributed by atoms with Crippen molar-refractivity contribution < 1.29 is 4.52 Å². The van der Waals surface area contributed by atoms with Crippen LogP contribution in [0.3, 0.4) is 0 Å². The van der Waals surface area contributed by atoms with E-state index >= 15 is 0 Å². The summed E-state index contributed by atoms with van der Waals surface area (Å²) in [7, 11) is 2.06. The number of nitrogens with zero attached hydrogens (tertiary/aromatic N) is 3. The van der Waals surface area contributed by atoms with Crippen LogP contribution in [0.1, 0.15) is 24.4 Å². The van der Waals surface area contributed by atoms with Gasteiger partial charge in [-0.15, -0.1) is 0 Å². The summed E-state index contributed by atoms with van der Waals surface area (Å²) in [5, 5.41) is 4.08. The molecule has 0 saturated carbocycles. The van der Waals surface area contributed by atoms with Gasteiger partial charge < -0.3 is 4.52 Å². The van der Waals surface area contributed by atoms with Gasteiger partial charge in [0, 0.05) is 12.1 Å². The van der Waals surface area contributed by atoms with Gasteiger partial charge in [-0.1, -0.05) is 65.8 Å². The van der Waals surface area contributed by atoms with Crippen LogP contribution in [0.25, 0.3) is 11.4 Å². The monoisotopic (exact) mass is 293 g/mol. The van der Waals surface area contributed by atoms with Crippen molar-refractivity contribution in [2.24, 2.45) is 0 Å². The van der Waals surface area contributed by atoms with Crippen molar-refractivity contribution in [1.82, 2.24) is 15.0 Å². The zero-order chi connectivity index (χ0) is 15.4. The highest BCUT2D eigenvalue weighted by molar-refractivity contribution is 5.53. The molecule has 1 aromatic heterocycles. The summed E-state index contributed by atoms with van der Waals surface area (Å²) in [5.41, 5.74) is 2.23. The van der Waals surface area contributed by atoms with Crippen LogP contribution in [-0.4, -0.2) is 22.1 Å². The van der Waals surface area contributed by atoms with Crippen LogP contribution in [0.15, 0.2) is 65.2 Å². The molecular weight excluding hydrogens is 274 g/mol. The topological polar surface area (TPSA) is 42.2 Å². The molecule has 1 atom stereocenters. The van der Waals surface area contributed by atoms with Crippen molar-refractivity contribution >= 4 is 0 Å². The first-order chi connectivity index (χ1) is 10.7. The lowest BCUT2D eigenvalue weighted by Crippen LogP contribution is -2.22. The van der Waals surface area contributed by atoms with Crippen molar-refractivity contribution in [2.75, 3.05) is 7.05 Å². The van der Waals surface area contributed by atoms with Gasteiger partial charge in [-0.2, -0.15) is 4.98 Å². The summed E-state index contributed by atoms with van der Waals surface area (Å²) in [5.74, 6) is 1.27. The van der Waals surface area contributed by atoms with Crippen LogP contribution in [0.5, 0.6) is 0 Å². The Morgan fingerprint density at radius 3 is 2.32 bits per heavy atom. The zero-order valence-corrected chi connectivity index (χ0v) is 12.8. The fourth-order valence-corrected chi connectivity index (χ4v) is 2.31. The Labute approximate surface area is 130 Å². The first-order valence-electron chi connectivity index (χ1n) is 7.37. The van der Waals surface area contributed by atoms with Crippen LogP contribution >= 0.6 is 0 Å². The summed E-state index contributed by atoms with van der Waals surface area (Å²) in [6.45, 7) is 2.91. The molecule has 1 unspecified atom stereocenters. The van der Waals surface area contributed by atoms with Gasteiger partial charge in [-0.3, -0.25) is 4.90 Å². The fourth-order valence-electron chi connectivity index (χ4n) is 2.31. The molecule has 4 heteroatoms. The van der Waals surface area contributed by atoms with Gasteiger partial charge in [0.2, 0.25) is 11.7 Å². The predicted octanol–water partition coefficient (Wildman–Crippen LogP) is 3.93. The Bertz CT molecular complexity index is 709. The van der Waals surface area contributed by atoms with Crippen LogP contribution in [-0.2, 0) is 6.54 Å². The third-order valence-electron chi connectivity index (χ3n) is 3.77. The van der Waals surface area contributed by atoms with Gasteiger partial charge in [-0.05, 0) is 19.5 Å². The average molecular weight is 293 g/mol. The Hall–Kier alpha value is -2.46. The highest BCUT2D eigenvalue weighted by Gasteiger charge is 2.19. The van der Waals surface area contributed by atoms with Crippen LogP contribution < -0.4 is 0 Å². The Balaban J connectivity index is 1.72. The van der Waals surface area contributed by atoms with Crippen molar-refractivity contribution in [1.29, 1.82) is 0 Å². The smallest absolute Gasteiger partial charge is 0.244 e. The third kappa shape index (κ3) is 3.23. The van der Waals surface area contributed by atoms with E-state index in [2.05, 4.69) is 41.1 Å². The van der Waals surface area contributed by atoms with Gasteiger partial charge in [0.1, 0.15) is 0 Å². The molecule has 3 rings (SSSR count). The highest BCUT2D eigenvalue weighted by atomic mass is 16.5. The van der Waals surface area contributed by atoms with Gasteiger partial charge in [0.25, 0.3) is 0 Å². The quantitative estimate of drug-likeness (QED) is 0.715. The molecule has 0 aliphatic carbocycles. The SMILES string of the molecule is CC(c1nc(-c2ccccc2)no1)N(C)Cc1ccccc1. The number of aromatic nitrogens is 2. The molecule has 0 spiro atoms. The minimum absolute atomic E-state index is 0.0603. The Kier molecular flexibility index (Phi) is 4.30. The van der Waals surface area contributed by atoms with Crippen molar-refractivity contribution in [3.63, 3.8) is 0 Å². The van der Waals surface area contributed by atoms with Crippen LogP contribution in [0, 0.1) is 0 Å². The maximum absolute atomic E-state index is 5.44. The van der Waals surface area contributed by atoms with Gasteiger partial charge in [0.15, 0.2) is 0 Å². The number of hydrogen-bond acceptors (Lipinski definition) is 4. The highest BCUT2D eigenvalue weighted by Crippen LogP contribution is 2.22. The second kappa shape index (κ2) is 6.54. The summed E-state index contributed by atoms with van der Waals surface area (Å²) < 4.78 is 5.44. The van der Waals surface area contributed by atoms with Gasteiger partial charge in [-0.25, -0.2) is 0 Å². The lowest BCUT2D eigenvalue weighted by molar-refractivity contribution is 0.202. The van der Waals surface area contributed by atoms with E-state index in [0.717, 1.165) is 12.1 Å². The van der Waals surface area contributed by atoms with Gasteiger partial charge in [0.05, 0.1) is 6.04 Å². The van der Waals surface area contributed by atoms with E-state index in [1.807, 2.05) is 48.5 Å². The maximum Gasteiger partial charge on any atom is 0.244 e. The fraction of sp³-hybridized carbons (Fsp3) is 0.222. The molecule has 1 heterocycles.